The topological polar surface area (TPSA) is 64.6 Å². The summed E-state index contributed by atoms with van der Waals surface area (Å²) >= 11 is 11.4. The van der Waals surface area contributed by atoms with E-state index < -0.39 is 10.0 Å². The third-order valence-corrected chi connectivity index (χ3v) is 4.24. The molecule has 100 valence electrons. The van der Waals surface area contributed by atoms with Crippen LogP contribution >= 0.6 is 23.2 Å². The van der Waals surface area contributed by atoms with E-state index in [9.17, 15) is 8.42 Å². The van der Waals surface area contributed by atoms with Crippen LogP contribution in [0.4, 0.5) is 5.69 Å². The van der Waals surface area contributed by atoms with Crippen LogP contribution in [0.1, 0.15) is 0 Å². The maximum atomic E-state index is 11.6. The molecule has 0 saturated heterocycles. The molecular formula is C10H11Cl2NO4S. The molecule has 0 fully saturated rings. The van der Waals surface area contributed by atoms with Gasteiger partial charge in [0.1, 0.15) is 13.2 Å². The van der Waals surface area contributed by atoms with Gasteiger partial charge in [0.25, 0.3) is 0 Å². The molecule has 0 saturated carbocycles. The zero-order valence-corrected chi connectivity index (χ0v) is 11.6. The maximum absolute atomic E-state index is 11.6. The fourth-order valence-electron chi connectivity index (χ4n) is 1.46. The van der Waals surface area contributed by atoms with Crippen LogP contribution in [0.3, 0.4) is 0 Å². The largest absolute Gasteiger partial charge is 0.486 e. The molecule has 1 aliphatic rings. The van der Waals surface area contributed by atoms with Gasteiger partial charge in [0.15, 0.2) is 11.5 Å². The standard InChI is InChI=1S/C10H11Cl2NO4S/c11-1-4-18(14,15)13-8-6-10-9(5-7(8)12)16-2-3-17-10/h5-6,13H,1-4H2. The lowest BCUT2D eigenvalue weighted by Gasteiger charge is -2.20. The molecule has 1 N–H and O–H groups in total. The van der Waals surface area contributed by atoms with E-state index in [2.05, 4.69) is 4.72 Å². The van der Waals surface area contributed by atoms with Crippen molar-refractivity contribution in [1.29, 1.82) is 0 Å². The molecule has 0 bridgehead atoms. The zero-order chi connectivity index (χ0) is 13.2. The molecule has 1 aliphatic heterocycles. The summed E-state index contributed by atoms with van der Waals surface area (Å²) in [5, 5.41) is 0.248. The molecule has 2 rings (SSSR count). The van der Waals surface area contributed by atoms with E-state index in [4.69, 9.17) is 32.7 Å². The molecule has 0 amide bonds. The van der Waals surface area contributed by atoms with Crippen molar-refractivity contribution < 1.29 is 17.9 Å². The average Bonchev–Trinajstić information content (AvgIpc) is 2.29. The lowest BCUT2D eigenvalue weighted by atomic mass is 10.2. The van der Waals surface area contributed by atoms with E-state index in [-0.39, 0.29) is 22.3 Å². The summed E-state index contributed by atoms with van der Waals surface area (Å²) in [6, 6.07) is 3.03. The number of nitrogens with one attached hydrogen (secondary N) is 1. The van der Waals surface area contributed by atoms with Gasteiger partial charge in [0.05, 0.1) is 16.5 Å². The summed E-state index contributed by atoms with van der Waals surface area (Å²) < 4.78 is 36.2. The Bertz CT molecular complexity index is 547. The summed E-state index contributed by atoms with van der Waals surface area (Å²) in [5.41, 5.74) is 0.256. The summed E-state index contributed by atoms with van der Waals surface area (Å²) in [6.07, 6.45) is 0. The van der Waals surface area contributed by atoms with Gasteiger partial charge in [-0.25, -0.2) is 8.42 Å². The summed E-state index contributed by atoms with van der Waals surface area (Å²) in [4.78, 5) is 0. The number of benzene rings is 1. The first-order valence-electron chi connectivity index (χ1n) is 5.17. The second kappa shape index (κ2) is 5.42. The Hall–Kier alpha value is -0.850. The molecule has 0 aromatic heterocycles. The van der Waals surface area contributed by atoms with Gasteiger partial charge in [-0.05, 0) is 0 Å². The Morgan fingerprint density at radius 2 is 1.83 bits per heavy atom. The Balaban J connectivity index is 2.29. The number of ether oxygens (including phenoxy) is 2. The van der Waals surface area contributed by atoms with E-state index in [1.165, 1.54) is 12.1 Å². The third kappa shape index (κ3) is 3.13. The van der Waals surface area contributed by atoms with E-state index in [1.54, 1.807) is 0 Å². The van der Waals surface area contributed by atoms with Crippen LogP contribution in [0.5, 0.6) is 11.5 Å². The first-order chi connectivity index (χ1) is 8.52. The van der Waals surface area contributed by atoms with Crippen LogP contribution in [0.25, 0.3) is 0 Å². The molecule has 18 heavy (non-hydrogen) atoms. The first kappa shape index (κ1) is 13.6. The third-order valence-electron chi connectivity index (χ3n) is 2.24. The van der Waals surface area contributed by atoms with Gasteiger partial charge in [-0.2, -0.15) is 0 Å². The number of anilines is 1. The van der Waals surface area contributed by atoms with Crippen LogP contribution in [0, 0.1) is 0 Å². The highest BCUT2D eigenvalue weighted by atomic mass is 35.5. The second-order valence-electron chi connectivity index (χ2n) is 3.59. The number of hydrogen-bond acceptors (Lipinski definition) is 4. The van der Waals surface area contributed by atoms with E-state index >= 15 is 0 Å². The molecule has 0 unspecified atom stereocenters. The van der Waals surface area contributed by atoms with E-state index in [0.717, 1.165) is 0 Å². The van der Waals surface area contributed by atoms with Crippen LogP contribution < -0.4 is 14.2 Å². The predicted octanol–water partition coefficient (Wildman–Crippen LogP) is 2.09. The minimum atomic E-state index is -3.50. The normalized spacial score (nSPS) is 14.3. The van der Waals surface area contributed by atoms with Crippen molar-refractivity contribution in [2.75, 3.05) is 29.6 Å². The van der Waals surface area contributed by atoms with Gasteiger partial charge in [-0.15, -0.1) is 11.6 Å². The molecule has 5 nitrogen and oxygen atoms in total. The molecule has 0 spiro atoms. The van der Waals surface area contributed by atoms with Gasteiger partial charge >= 0.3 is 0 Å². The van der Waals surface area contributed by atoms with Crippen molar-refractivity contribution in [3.8, 4) is 11.5 Å². The fraction of sp³-hybridized carbons (Fsp3) is 0.400. The van der Waals surface area contributed by atoms with Gasteiger partial charge < -0.3 is 9.47 Å². The number of hydrogen-bond donors (Lipinski definition) is 1. The summed E-state index contributed by atoms with van der Waals surface area (Å²) in [7, 11) is -3.50. The number of rotatable bonds is 4. The second-order valence-corrected chi connectivity index (χ2v) is 6.21. The molecule has 8 heteroatoms. The Morgan fingerprint density at radius 3 is 2.44 bits per heavy atom. The number of alkyl halides is 1. The van der Waals surface area contributed by atoms with Crippen molar-refractivity contribution in [1.82, 2.24) is 0 Å². The lowest BCUT2D eigenvalue weighted by molar-refractivity contribution is 0.171. The van der Waals surface area contributed by atoms with E-state index in [1.807, 2.05) is 0 Å². The van der Waals surface area contributed by atoms with Crippen molar-refractivity contribution in [3.63, 3.8) is 0 Å². The van der Waals surface area contributed by atoms with Crippen LogP contribution in [0.2, 0.25) is 5.02 Å². The molecule has 0 radical (unpaired) electrons. The molecule has 1 aromatic carbocycles. The number of sulfonamides is 1. The Morgan fingerprint density at radius 1 is 1.22 bits per heavy atom. The van der Waals surface area contributed by atoms with E-state index in [0.29, 0.717) is 24.7 Å². The number of fused-ring (bicyclic) bond motifs is 1. The highest BCUT2D eigenvalue weighted by Gasteiger charge is 2.18. The highest BCUT2D eigenvalue weighted by Crippen LogP contribution is 2.38. The van der Waals surface area contributed by atoms with Crippen LogP contribution in [-0.2, 0) is 10.0 Å². The SMILES string of the molecule is O=S(=O)(CCCl)Nc1cc2c(cc1Cl)OCCO2. The average molecular weight is 312 g/mol. The Kier molecular flexibility index (Phi) is 4.09. The number of halogens is 2. The molecular weight excluding hydrogens is 301 g/mol. The molecule has 1 aromatic rings. The van der Waals surface area contributed by atoms with Gasteiger partial charge in [-0.1, -0.05) is 11.6 Å². The quantitative estimate of drug-likeness (QED) is 0.865. The smallest absolute Gasteiger partial charge is 0.233 e. The van der Waals surface area contributed by atoms with Gasteiger partial charge in [0, 0.05) is 18.0 Å². The molecule has 0 atom stereocenters. The van der Waals surface area contributed by atoms with Crippen LogP contribution in [-0.4, -0.2) is 33.3 Å². The first-order valence-corrected chi connectivity index (χ1v) is 7.74. The monoisotopic (exact) mass is 311 g/mol. The van der Waals surface area contributed by atoms with Crippen molar-refractivity contribution in [3.05, 3.63) is 17.2 Å². The fourth-order valence-corrected chi connectivity index (χ4v) is 3.14. The molecule has 1 heterocycles. The Labute approximate surface area is 115 Å². The van der Waals surface area contributed by atoms with Crippen molar-refractivity contribution >= 4 is 38.9 Å². The minimum Gasteiger partial charge on any atom is -0.486 e. The van der Waals surface area contributed by atoms with Crippen LogP contribution in [0.15, 0.2) is 12.1 Å². The molecule has 0 aliphatic carbocycles. The predicted molar refractivity (Wildman–Crippen MR) is 70.6 cm³/mol. The van der Waals surface area contributed by atoms with Gasteiger partial charge in [0.2, 0.25) is 10.0 Å². The lowest BCUT2D eigenvalue weighted by Crippen LogP contribution is -2.19. The summed E-state index contributed by atoms with van der Waals surface area (Å²) in [5.74, 6) is 0.803. The van der Waals surface area contributed by atoms with Crippen molar-refractivity contribution in [2.45, 2.75) is 0 Å². The maximum Gasteiger partial charge on any atom is 0.233 e. The minimum absolute atomic E-state index is 0.0114. The van der Waals surface area contributed by atoms with Gasteiger partial charge in [-0.3, -0.25) is 4.72 Å². The zero-order valence-electron chi connectivity index (χ0n) is 9.28. The summed E-state index contributed by atoms with van der Waals surface area (Å²) in [6.45, 7) is 0.864. The van der Waals surface area contributed by atoms with Crippen molar-refractivity contribution in [2.24, 2.45) is 0 Å². The highest BCUT2D eigenvalue weighted by molar-refractivity contribution is 7.92.